The van der Waals surface area contributed by atoms with Gasteiger partial charge in [0, 0.05) is 10.4 Å². The number of rotatable bonds is 10. The van der Waals surface area contributed by atoms with E-state index in [1.807, 2.05) is 45.0 Å². The zero-order chi connectivity index (χ0) is 27.2. The lowest BCUT2D eigenvalue weighted by Gasteiger charge is -2.10. The van der Waals surface area contributed by atoms with Gasteiger partial charge in [0.05, 0.1) is 11.5 Å². The fourth-order valence-corrected chi connectivity index (χ4v) is 5.46. The van der Waals surface area contributed by atoms with Crippen LogP contribution in [0.4, 0.5) is 5.00 Å². The minimum absolute atomic E-state index is 0.00702. The smallest absolute Gasteiger partial charge is 0.341 e. The van der Waals surface area contributed by atoms with Crippen molar-refractivity contribution in [3.8, 4) is 11.1 Å². The summed E-state index contributed by atoms with van der Waals surface area (Å²) < 4.78 is 36.9. The number of carbonyl (C=O) groups excluding carboxylic acids is 3. The van der Waals surface area contributed by atoms with Gasteiger partial charge in [-0.25, -0.2) is 13.2 Å². The van der Waals surface area contributed by atoms with E-state index in [2.05, 4.69) is 10.0 Å². The normalized spacial score (nSPS) is 11.1. The molecule has 0 fully saturated rings. The summed E-state index contributed by atoms with van der Waals surface area (Å²) in [4.78, 5) is 38.2. The van der Waals surface area contributed by atoms with Gasteiger partial charge in [-0.2, -0.15) is 4.72 Å². The number of amides is 1. The molecule has 0 aliphatic carbocycles. The first-order chi connectivity index (χ1) is 17.5. The maximum absolute atomic E-state index is 12.8. The largest absolute Gasteiger partial charge is 0.462 e. The Hall–Kier alpha value is -3.54. The number of anilines is 1. The number of thiophene rings is 1. The second-order valence-electron chi connectivity index (χ2n) is 8.17. The lowest BCUT2D eigenvalue weighted by molar-refractivity contribution is -0.146. The Labute approximate surface area is 219 Å². The number of hydrogen-bond donors (Lipinski definition) is 2. The summed E-state index contributed by atoms with van der Waals surface area (Å²) in [5.74, 6) is -2.20. The van der Waals surface area contributed by atoms with Gasteiger partial charge in [-0.15, -0.1) is 11.3 Å². The molecular weight excluding hydrogens is 516 g/mol. The molecule has 0 unspecified atom stereocenters. The van der Waals surface area contributed by atoms with Crippen molar-refractivity contribution in [3.63, 3.8) is 0 Å². The van der Waals surface area contributed by atoms with Crippen LogP contribution in [0.1, 0.15) is 33.3 Å². The van der Waals surface area contributed by atoms with Crippen LogP contribution in [0.25, 0.3) is 11.1 Å². The molecule has 1 aromatic heterocycles. The summed E-state index contributed by atoms with van der Waals surface area (Å²) in [5, 5.41) is 2.88. The van der Waals surface area contributed by atoms with E-state index in [1.165, 1.54) is 23.5 Å². The number of sulfonamides is 1. The number of esters is 2. The SMILES string of the molecule is CCOC(=O)c1c(NC(=O)COC(=O)CNS(=O)(=O)c2ccc(C)cc2)sc(C)c1-c1ccc(C)cc1. The Balaban J connectivity index is 1.66. The third-order valence-electron chi connectivity index (χ3n) is 5.26. The molecule has 3 aromatic rings. The Kier molecular flexibility index (Phi) is 9.19. The number of ether oxygens (including phenoxy) is 2. The summed E-state index contributed by atoms with van der Waals surface area (Å²) >= 11 is 1.20. The zero-order valence-corrected chi connectivity index (χ0v) is 22.5. The molecule has 0 saturated carbocycles. The molecule has 0 atom stereocenters. The van der Waals surface area contributed by atoms with Crippen molar-refractivity contribution in [2.45, 2.75) is 32.6 Å². The third-order valence-corrected chi connectivity index (χ3v) is 7.70. The fraction of sp³-hybridized carbons (Fsp3) is 0.269. The Morgan fingerprint density at radius 3 is 2.08 bits per heavy atom. The molecule has 11 heteroatoms. The van der Waals surface area contributed by atoms with Crippen molar-refractivity contribution < 1.29 is 32.3 Å². The summed E-state index contributed by atoms with van der Waals surface area (Å²) in [6.45, 7) is 6.15. The highest BCUT2D eigenvalue weighted by atomic mass is 32.2. The van der Waals surface area contributed by atoms with Crippen LogP contribution in [0.15, 0.2) is 53.4 Å². The average molecular weight is 545 g/mol. The number of carbonyl (C=O) groups is 3. The monoisotopic (exact) mass is 544 g/mol. The summed E-state index contributed by atoms with van der Waals surface area (Å²) in [6.07, 6.45) is 0. The van der Waals surface area contributed by atoms with Gasteiger partial charge in [0.25, 0.3) is 5.91 Å². The van der Waals surface area contributed by atoms with Gasteiger partial charge in [-0.3, -0.25) is 9.59 Å². The van der Waals surface area contributed by atoms with Gasteiger partial charge in [-0.05, 0) is 45.4 Å². The van der Waals surface area contributed by atoms with Gasteiger partial charge < -0.3 is 14.8 Å². The van der Waals surface area contributed by atoms with Crippen molar-refractivity contribution >= 4 is 44.2 Å². The molecule has 9 nitrogen and oxygen atoms in total. The molecule has 0 bridgehead atoms. The summed E-state index contributed by atoms with van der Waals surface area (Å²) in [5.41, 5.74) is 3.63. The van der Waals surface area contributed by atoms with E-state index in [0.29, 0.717) is 5.56 Å². The second kappa shape index (κ2) is 12.1. The fourth-order valence-electron chi connectivity index (χ4n) is 3.41. The van der Waals surface area contributed by atoms with Crippen LogP contribution in [0.3, 0.4) is 0 Å². The Morgan fingerprint density at radius 2 is 1.49 bits per heavy atom. The maximum Gasteiger partial charge on any atom is 0.341 e. The van der Waals surface area contributed by atoms with Crippen LogP contribution < -0.4 is 10.0 Å². The van der Waals surface area contributed by atoms with Crippen LogP contribution in [0.5, 0.6) is 0 Å². The van der Waals surface area contributed by atoms with Crippen molar-refractivity contribution in [1.82, 2.24) is 4.72 Å². The van der Waals surface area contributed by atoms with Crippen molar-refractivity contribution in [2.24, 2.45) is 0 Å². The first-order valence-electron chi connectivity index (χ1n) is 11.4. The van der Waals surface area contributed by atoms with Crippen molar-refractivity contribution in [1.29, 1.82) is 0 Å². The van der Waals surface area contributed by atoms with E-state index in [9.17, 15) is 22.8 Å². The number of nitrogens with one attached hydrogen (secondary N) is 2. The molecule has 196 valence electrons. The van der Waals surface area contributed by atoms with Gasteiger partial charge in [0.2, 0.25) is 10.0 Å². The molecule has 0 spiro atoms. The number of benzene rings is 2. The van der Waals surface area contributed by atoms with E-state index < -0.39 is 41.0 Å². The molecule has 2 aromatic carbocycles. The highest BCUT2D eigenvalue weighted by Crippen LogP contribution is 2.40. The summed E-state index contributed by atoms with van der Waals surface area (Å²) in [7, 11) is -3.91. The van der Waals surface area contributed by atoms with E-state index in [-0.39, 0.29) is 22.1 Å². The molecule has 0 radical (unpaired) electrons. The van der Waals surface area contributed by atoms with Crippen molar-refractivity contribution in [2.75, 3.05) is 25.1 Å². The Bertz CT molecular complexity index is 1390. The molecule has 1 heterocycles. The molecule has 0 saturated heterocycles. The first kappa shape index (κ1) is 28.0. The molecule has 2 N–H and O–H groups in total. The van der Waals surface area contributed by atoms with Gasteiger partial charge in [-0.1, -0.05) is 47.5 Å². The topological polar surface area (TPSA) is 128 Å². The van der Waals surface area contributed by atoms with Crippen LogP contribution in [-0.2, 0) is 29.1 Å². The molecule has 1 amide bonds. The predicted octanol–water partition coefficient (Wildman–Crippen LogP) is 3.98. The summed E-state index contributed by atoms with van der Waals surface area (Å²) in [6, 6.07) is 13.7. The highest BCUT2D eigenvalue weighted by Gasteiger charge is 2.26. The molecule has 0 aliphatic heterocycles. The standard InChI is InChI=1S/C26H28N2O7S2/c1-5-34-26(31)24-23(19-10-6-16(2)7-11-19)18(4)36-25(24)28-21(29)15-35-22(30)14-27-37(32,33)20-12-8-17(3)9-13-20/h6-13,27H,5,14-15H2,1-4H3,(H,28,29). The number of hydrogen-bond acceptors (Lipinski definition) is 8. The van der Waals surface area contributed by atoms with E-state index >= 15 is 0 Å². The number of aryl methyl sites for hydroxylation is 3. The van der Waals surface area contributed by atoms with Crippen LogP contribution >= 0.6 is 11.3 Å². The quantitative estimate of drug-likeness (QED) is 0.370. The van der Waals surface area contributed by atoms with Crippen LogP contribution in [0.2, 0.25) is 0 Å². The average Bonchev–Trinajstić information content (AvgIpc) is 3.17. The van der Waals surface area contributed by atoms with Crippen LogP contribution in [-0.4, -0.2) is 46.0 Å². The predicted molar refractivity (Wildman–Crippen MR) is 141 cm³/mol. The van der Waals surface area contributed by atoms with Gasteiger partial charge in [0.1, 0.15) is 17.1 Å². The Morgan fingerprint density at radius 1 is 0.892 bits per heavy atom. The minimum atomic E-state index is -3.91. The lowest BCUT2D eigenvalue weighted by Crippen LogP contribution is -2.32. The highest BCUT2D eigenvalue weighted by molar-refractivity contribution is 7.89. The van der Waals surface area contributed by atoms with E-state index in [0.717, 1.165) is 21.6 Å². The third kappa shape index (κ3) is 7.25. The molecular formula is C26H28N2O7S2. The minimum Gasteiger partial charge on any atom is -0.462 e. The first-order valence-corrected chi connectivity index (χ1v) is 13.7. The van der Waals surface area contributed by atoms with E-state index in [4.69, 9.17) is 9.47 Å². The van der Waals surface area contributed by atoms with Gasteiger partial charge >= 0.3 is 11.9 Å². The molecule has 0 aliphatic rings. The lowest BCUT2D eigenvalue weighted by atomic mass is 10.0. The molecule has 37 heavy (non-hydrogen) atoms. The van der Waals surface area contributed by atoms with Crippen LogP contribution in [0, 0.1) is 20.8 Å². The molecule has 3 rings (SSSR count). The zero-order valence-electron chi connectivity index (χ0n) is 20.9. The second-order valence-corrected chi connectivity index (χ2v) is 11.2. The van der Waals surface area contributed by atoms with Crippen molar-refractivity contribution in [3.05, 3.63) is 70.1 Å². The van der Waals surface area contributed by atoms with Gasteiger partial charge in [0.15, 0.2) is 6.61 Å². The van der Waals surface area contributed by atoms with E-state index in [1.54, 1.807) is 19.1 Å². The maximum atomic E-state index is 12.8.